The SMILES string of the molecule is CCCCN(C)C(=O)c1ccc(CNC(=O)c2ccc(C(C)(C)C)cc2)cc1. The first kappa shape index (κ1) is 21.7. The van der Waals surface area contributed by atoms with Crippen LogP contribution in [0.5, 0.6) is 0 Å². The fourth-order valence-corrected chi connectivity index (χ4v) is 2.89. The van der Waals surface area contributed by atoms with Gasteiger partial charge in [0, 0.05) is 31.3 Å². The number of benzene rings is 2. The number of hydrogen-bond acceptors (Lipinski definition) is 2. The van der Waals surface area contributed by atoms with Crippen LogP contribution in [0.25, 0.3) is 0 Å². The maximum absolute atomic E-state index is 12.4. The standard InChI is InChI=1S/C24H32N2O2/c1-6-7-16-26(5)23(28)20-10-8-18(9-11-20)17-25-22(27)19-12-14-21(15-13-19)24(2,3)4/h8-15H,6-7,16-17H2,1-5H3,(H,25,27). The van der Waals surface area contributed by atoms with E-state index in [1.165, 1.54) is 5.56 Å². The smallest absolute Gasteiger partial charge is 0.253 e. The highest BCUT2D eigenvalue weighted by atomic mass is 16.2. The van der Waals surface area contributed by atoms with Gasteiger partial charge in [-0.3, -0.25) is 9.59 Å². The van der Waals surface area contributed by atoms with Gasteiger partial charge >= 0.3 is 0 Å². The molecule has 0 saturated carbocycles. The Labute approximate surface area is 169 Å². The number of rotatable bonds is 7. The molecule has 0 unspecified atom stereocenters. The van der Waals surface area contributed by atoms with Crippen molar-refractivity contribution in [2.75, 3.05) is 13.6 Å². The number of nitrogens with zero attached hydrogens (tertiary/aromatic N) is 1. The Morgan fingerprint density at radius 1 is 0.929 bits per heavy atom. The fourth-order valence-electron chi connectivity index (χ4n) is 2.89. The van der Waals surface area contributed by atoms with Crippen LogP contribution in [0.4, 0.5) is 0 Å². The first-order chi connectivity index (χ1) is 13.2. The normalized spacial score (nSPS) is 11.2. The predicted molar refractivity (Wildman–Crippen MR) is 115 cm³/mol. The van der Waals surface area contributed by atoms with Crippen molar-refractivity contribution in [2.45, 2.75) is 52.5 Å². The van der Waals surface area contributed by atoms with Crippen LogP contribution >= 0.6 is 0 Å². The van der Waals surface area contributed by atoms with Crippen LogP contribution in [0.1, 0.15) is 72.4 Å². The molecular weight excluding hydrogens is 348 g/mol. The molecule has 2 rings (SSSR count). The highest BCUT2D eigenvalue weighted by molar-refractivity contribution is 5.95. The van der Waals surface area contributed by atoms with Crippen LogP contribution in [0.15, 0.2) is 48.5 Å². The molecule has 2 aromatic carbocycles. The van der Waals surface area contributed by atoms with E-state index in [1.54, 1.807) is 4.90 Å². The number of carbonyl (C=O) groups excluding carboxylic acids is 2. The van der Waals surface area contributed by atoms with E-state index in [0.717, 1.165) is 24.9 Å². The molecule has 0 aliphatic carbocycles. The van der Waals surface area contributed by atoms with Gasteiger partial charge in [0.1, 0.15) is 0 Å². The Bertz CT molecular complexity index is 787. The minimum absolute atomic E-state index is 0.0305. The lowest BCUT2D eigenvalue weighted by atomic mass is 9.87. The molecule has 0 aliphatic rings. The largest absolute Gasteiger partial charge is 0.348 e. The molecular formula is C24H32N2O2. The molecule has 0 spiro atoms. The van der Waals surface area contributed by atoms with Gasteiger partial charge in [0.15, 0.2) is 0 Å². The lowest BCUT2D eigenvalue weighted by Crippen LogP contribution is -2.27. The van der Waals surface area contributed by atoms with E-state index < -0.39 is 0 Å². The molecule has 4 nitrogen and oxygen atoms in total. The maximum atomic E-state index is 12.4. The second kappa shape index (κ2) is 9.54. The molecule has 0 fully saturated rings. The zero-order valence-electron chi connectivity index (χ0n) is 17.7. The second-order valence-electron chi connectivity index (χ2n) is 8.29. The van der Waals surface area contributed by atoms with E-state index in [2.05, 4.69) is 33.0 Å². The van der Waals surface area contributed by atoms with Crippen molar-refractivity contribution in [1.29, 1.82) is 0 Å². The van der Waals surface area contributed by atoms with Gasteiger partial charge in [0.2, 0.25) is 0 Å². The van der Waals surface area contributed by atoms with Crippen LogP contribution < -0.4 is 5.32 Å². The highest BCUT2D eigenvalue weighted by Crippen LogP contribution is 2.22. The number of hydrogen-bond donors (Lipinski definition) is 1. The maximum Gasteiger partial charge on any atom is 0.253 e. The highest BCUT2D eigenvalue weighted by Gasteiger charge is 2.14. The molecule has 0 aliphatic heterocycles. The summed E-state index contributed by atoms with van der Waals surface area (Å²) in [6, 6.07) is 15.2. The summed E-state index contributed by atoms with van der Waals surface area (Å²) in [6.07, 6.45) is 2.07. The third-order valence-corrected chi connectivity index (χ3v) is 4.86. The van der Waals surface area contributed by atoms with E-state index in [1.807, 2.05) is 55.6 Å². The summed E-state index contributed by atoms with van der Waals surface area (Å²) < 4.78 is 0. The van der Waals surface area contributed by atoms with E-state index in [4.69, 9.17) is 0 Å². The lowest BCUT2D eigenvalue weighted by molar-refractivity contribution is 0.0793. The van der Waals surface area contributed by atoms with Crippen molar-refractivity contribution in [2.24, 2.45) is 0 Å². The number of unbranched alkanes of at least 4 members (excludes halogenated alkanes) is 1. The molecule has 0 bridgehead atoms. The Morgan fingerprint density at radius 2 is 1.50 bits per heavy atom. The summed E-state index contributed by atoms with van der Waals surface area (Å²) in [5, 5.41) is 2.94. The van der Waals surface area contributed by atoms with Crippen LogP contribution in [0.3, 0.4) is 0 Å². The minimum atomic E-state index is -0.0973. The third-order valence-electron chi connectivity index (χ3n) is 4.86. The molecule has 0 heterocycles. The zero-order chi connectivity index (χ0) is 20.7. The van der Waals surface area contributed by atoms with Gasteiger partial charge in [-0.05, 0) is 47.2 Å². The molecule has 4 heteroatoms. The molecule has 2 amide bonds. The van der Waals surface area contributed by atoms with Gasteiger partial charge in [-0.25, -0.2) is 0 Å². The van der Waals surface area contributed by atoms with Crippen molar-refractivity contribution in [3.8, 4) is 0 Å². The van der Waals surface area contributed by atoms with E-state index >= 15 is 0 Å². The molecule has 0 radical (unpaired) electrons. The van der Waals surface area contributed by atoms with Gasteiger partial charge in [0.05, 0.1) is 0 Å². The fraction of sp³-hybridized carbons (Fsp3) is 0.417. The predicted octanol–water partition coefficient (Wildman–Crippen LogP) is 4.79. The summed E-state index contributed by atoms with van der Waals surface area (Å²) in [5.41, 5.74) is 3.56. The van der Waals surface area contributed by atoms with Crippen molar-refractivity contribution in [3.05, 3.63) is 70.8 Å². The second-order valence-corrected chi connectivity index (χ2v) is 8.29. The average Bonchev–Trinajstić information content (AvgIpc) is 2.69. The molecule has 150 valence electrons. The summed E-state index contributed by atoms with van der Waals surface area (Å²) in [6.45, 7) is 9.76. The Kier molecular flexibility index (Phi) is 7.38. The molecule has 28 heavy (non-hydrogen) atoms. The lowest BCUT2D eigenvalue weighted by Gasteiger charge is -2.19. The Balaban J connectivity index is 1.92. The molecule has 2 aromatic rings. The van der Waals surface area contributed by atoms with Crippen molar-refractivity contribution in [3.63, 3.8) is 0 Å². The van der Waals surface area contributed by atoms with Crippen LogP contribution in [-0.4, -0.2) is 30.3 Å². The third kappa shape index (κ3) is 5.95. The van der Waals surface area contributed by atoms with Crippen LogP contribution in [0.2, 0.25) is 0 Å². The summed E-state index contributed by atoms with van der Waals surface area (Å²) in [4.78, 5) is 26.5. The van der Waals surface area contributed by atoms with Crippen molar-refractivity contribution >= 4 is 11.8 Å². The minimum Gasteiger partial charge on any atom is -0.348 e. The molecule has 1 N–H and O–H groups in total. The monoisotopic (exact) mass is 380 g/mol. The Morgan fingerprint density at radius 3 is 2.04 bits per heavy atom. The number of nitrogens with one attached hydrogen (secondary N) is 1. The number of carbonyl (C=O) groups is 2. The topological polar surface area (TPSA) is 49.4 Å². The van der Waals surface area contributed by atoms with Gasteiger partial charge in [0.25, 0.3) is 11.8 Å². The molecule has 0 saturated heterocycles. The van der Waals surface area contributed by atoms with Gasteiger partial charge in [-0.1, -0.05) is 58.4 Å². The first-order valence-electron chi connectivity index (χ1n) is 9.95. The number of amides is 2. The quantitative estimate of drug-likeness (QED) is 0.751. The summed E-state index contributed by atoms with van der Waals surface area (Å²) in [7, 11) is 1.83. The van der Waals surface area contributed by atoms with E-state index in [0.29, 0.717) is 17.7 Å². The molecule has 0 aromatic heterocycles. The summed E-state index contributed by atoms with van der Waals surface area (Å²) in [5.74, 6) is -0.0668. The van der Waals surface area contributed by atoms with Crippen LogP contribution in [-0.2, 0) is 12.0 Å². The summed E-state index contributed by atoms with van der Waals surface area (Å²) >= 11 is 0. The zero-order valence-corrected chi connectivity index (χ0v) is 17.7. The van der Waals surface area contributed by atoms with E-state index in [-0.39, 0.29) is 17.2 Å². The first-order valence-corrected chi connectivity index (χ1v) is 9.95. The molecule has 0 atom stereocenters. The Hall–Kier alpha value is -2.62. The van der Waals surface area contributed by atoms with Crippen molar-refractivity contribution in [1.82, 2.24) is 10.2 Å². The van der Waals surface area contributed by atoms with Crippen LogP contribution in [0, 0.1) is 0 Å². The van der Waals surface area contributed by atoms with Gasteiger partial charge in [-0.15, -0.1) is 0 Å². The van der Waals surface area contributed by atoms with Gasteiger partial charge in [-0.2, -0.15) is 0 Å². The van der Waals surface area contributed by atoms with Crippen molar-refractivity contribution < 1.29 is 9.59 Å². The van der Waals surface area contributed by atoms with Gasteiger partial charge < -0.3 is 10.2 Å². The average molecular weight is 381 g/mol. The van der Waals surface area contributed by atoms with E-state index in [9.17, 15) is 9.59 Å².